The van der Waals surface area contributed by atoms with Crippen molar-refractivity contribution in [3.05, 3.63) is 17.0 Å². The molecule has 0 aliphatic carbocycles. The van der Waals surface area contributed by atoms with Gasteiger partial charge in [-0.25, -0.2) is 9.97 Å². The third-order valence-electron chi connectivity index (χ3n) is 3.82. The predicted molar refractivity (Wildman–Crippen MR) is 81.3 cm³/mol. The summed E-state index contributed by atoms with van der Waals surface area (Å²) in [6.45, 7) is 9.01. The van der Waals surface area contributed by atoms with Crippen LogP contribution in [0.15, 0.2) is 6.07 Å². The molecule has 0 spiro atoms. The van der Waals surface area contributed by atoms with Gasteiger partial charge in [-0.3, -0.25) is 4.90 Å². The number of methoxy groups -OCH3 is 1. The zero-order valence-electron chi connectivity index (χ0n) is 12.5. The maximum Gasteiger partial charge on any atom is 0.158 e. The molecular weight excluding hydrogens is 276 g/mol. The van der Waals surface area contributed by atoms with E-state index in [0.717, 1.165) is 32.0 Å². The van der Waals surface area contributed by atoms with Crippen LogP contribution in [-0.4, -0.2) is 54.2 Å². The predicted octanol–water partition coefficient (Wildman–Crippen LogP) is 2.20. The van der Waals surface area contributed by atoms with Gasteiger partial charge in [0.15, 0.2) is 5.82 Å². The summed E-state index contributed by atoms with van der Waals surface area (Å²) in [4.78, 5) is 13.5. The van der Waals surface area contributed by atoms with E-state index in [0.29, 0.717) is 23.6 Å². The number of rotatable bonds is 6. The molecule has 0 N–H and O–H groups in total. The summed E-state index contributed by atoms with van der Waals surface area (Å²) < 4.78 is 5.08. The topological polar surface area (TPSA) is 41.5 Å². The van der Waals surface area contributed by atoms with Gasteiger partial charge >= 0.3 is 0 Å². The van der Waals surface area contributed by atoms with E-state index in [2.05, 4.69) is 33.6 Å². The van der Waals surface area contributed by atoms with Crippen LogP contribution in [0.5, 0.6) is 0 Å². The highest BCUT2D eigenvalue weighted by Gasteiger charge is 2.27. The van der Waals surface area contributed by atoms with Crippen LogP contribution in [0.1, 0.15) is 26.1 Å². The van der Waals surface area contributed by atoms with Crippen LogP contribution >= 0.6 is 11.6 Å². The van der Waals surface area contributed by atoms with Gasteiger partial charge in [0, 0.05) is 32.3 Å². The van der Waals surface area contributed by atoms with E-state index in [9.17, 15) is 0 Å². The summed E-state index contributed by atoms with van der Waals surface area (Å²) in [5, 5.41) is 0.480. The fourth-order valence-electron chi connectivity index (χ4n) is 2.80. The molecule has 1 fully saturated rings. The number of hydrogen-bond acceptors (Lipinski definition) is 5. The third kappa shape index (κ3) is 3.59. The Hall–Kier alpha value is -0.910. The highest BCUT2D eigenvalue weighted by molar-refractivity contribution is 6.29. The molecule has 1 atom stereocenters. The molecule has 112 valence electrons. The molecule has 0 bridgehead atoms. The molecule has 1 aliphatic heterocycles. The molecule has 0 saturated carbocycles. The van der Waals surface area contributed by atoms with Crippen molar-refractivity contribution in [2.75, 3.05) is 38.2 Å². The van der Waals surface area contributed by atoms with Crippen LogP contribution in [0.2, 0.25) is 5.15 Å². The molecular formula is C14H23ClN4O. The monoisotopic (exact) mass is 298 g/mol. The van der Waals surface area contributed by atoms with E-state index in [-0.39, 0.29) is 0 Å². The van der Waals surface area contributed by atoms with Gasteiger partial charge < -0.3 is 9.64 Å². The fraction of sp³-hybridized carbons (Fsp3) is 0.714. The number of halogens is 1. The standard InChI is InChI=1S/C14H23ClN4O/c1-4-18(5-2)11-6-7-19(9-11)14-8-12(15)16-13(17-14)10-20-3/h8,11H,4-7,9-10H2,1-3H3. The molecule has 20 heavy (non-hydrogen) atoms. The average Bonchev–Trinajstić information content (AvgIpc) is 2.90. The van der Waals surface area contributed by atoms with Crippen molar-refractivity contribution in [3.63, 3.8) is 0 Å². The molecule has 2 heterocycles. The van der Waals surface area contributed by atoms with Gasteiger partial charge in [0.25, 0.3) is 0 Å². The van der Waals surface area contributed by atoms with E-state index in [1.54, 1.807) is 7.11 Å². The first kappa shape index (κ1) is 15.5. The van der Waals surface area contributed by atoms with E-state index in [4.69, 9.17) is 16.3 Å². The number of anilines is 1. The average molecular weight is 299 g/mol. The smallest absolute Gasteiger partial charge is 0.158 e. The molecule has 1 unspecified atom stereocenters. The van der Waals surface area contributed by atoms with Crippen LogP contribution in [0.25, 0.3) is 0 Å². The minimum Gasteiger partial charge on any atom is -0.377 e. The van der Waals surface area contributed by atoms with Crippen molar-refractivity contribution in [1.82, 2.24) is 14.9 Å². The molecule has 6 heteroatoms. The highest BCUT2D eigenvalue weighted by atomic mass is 35.5. The summed E-state index contributed by atoms with van der Waals surface area (Å²) in [6, 6.07) is 2.44. The third-order valence-corrected chi connectivity index (χ3v) is 4.01. The fourth-order valence-corrected chi connectivity index (χ4v) is 2.99. The minimum atomic E-state index is 0.390. The minimum absolute atomic E-state index is 0.390. The van der Waals surface area contributed by atoms with Crippen LogP contribution in [0.4, 0.5) is 5.82 Å². The van der Waals surface area contributed by atoms with Gasteiger partial charge in [0.1, 0.15) is 17.6 Å². The Morgan fingerprint density at radius 2 is 2.15 bits per heavy atom. The molecule has 1 aromatic heterocycles. The Kier molecular flexibility index (Phi) is 5.57. The lowest BCUT2D eigenvalue weighted by Crippen LogP contribution is -2.37. The SMILES string of the molecule is CCN(CC)C1CCN(c2cc(Cl)nc(COC)n2)C1. The molecule has 1 aromatic rings. The van der Waals surface area contributed by atoms with E-state index >= 15 is 0 Å². The van der Waals surface area contributed by atoms with Gasteiger partial charge in [-0.2, -0.15) is 0 Å². The second-order valence-electron chi connectivity index (χ2n) is 5.01. The van der Waals surface area contributed by atoms with Crippen molar-refractivity contribution in [1.29, 1.82) is 0 Å². The van der Waals surface area contributed by atoms with Crippen molar-refractivity contribution in [2.45, 2.75) is 32.9 Å². The zero-order valence-corrected chi connectivity index (χ0v) is 13.2. The maximum absolute atomic E-state index is 6.07. The van der Waals surface area contributed by atoms with Gasteiger partial charge in [-0.1, -0.05) is 25.4 Å². The summed E-state index contributed by atoms with van der Waals surface area (Å²) >= 11 is 6.07. The van der Waals surface area contributed by atoms with Gasteiger partial charge in [-0.15, -0.1) is 0 Å². The van der Waals surface area contributed by atoms with Crippen LogP contribution in [-0.2, 0) is 11.3 Å². The Morgan fingerprint density at radius 1 is 1.40 bits per heavy atom. The number of hydrogen-bond donors (Lipinski definition) is 0. The summed E-state index contributed by atoms with van der Waals surface area (Å²) in [5.41, 5.74) is 0. The lowest BCUT2D eigenvalue weighted by atomic mass is 10.2. The summed E-state index contributed by atoms with van der Waals surface area (Å²) in [6.07, 6.45) is 1.17. The van der Waals surface area contributed by atoms with Crippen molar-refractivity contribution >= 4 is 17.4 Å². The maximum atomic E-state index is 6.07. The zero-order chi connectivity index (χ0) is 14.5. The Balaban J connectivity index is 2.09. The molecule has 1 saturated heterocycles. The van der Waals surface area contributed by atoms with E-state index in [1.165, 1.54) is 6.42 Å². The van der Waals surface area contributed by atoms with Crippen molar-refractivity contribution in [2.24, 2.45) is 0 Å². The molecule has 0 amide bonds. The summed E-state index contributed by atoms with van der Waals surface area (Å²) in [5.74, 6) is 1.55. The van der Waals surface area contributed by atoms with Crippen LogP contribution in [0, 0.1) is 0 Å². The van der Waals surface area contributed by atoms with Crippen molar-refractivity contribution < 1.29 is 4.74 Å². The number of ether oxygens (including phenoxy) is 1. The number of aromatic nitrogens is 2. The Labute approximate surface area is 125 Å². The second kappa shape index (κ2) is 7.20. The first-order valence-corrected chi connectivity index (χ1v) is 7.57. The lowest BCUT2D eigenvalue weighted by molar-refractivity contribution is 0.178. The van der Waals surface area contributed by atoms with Gasteiger partial charge in [-0.05, 0) is 19.5 Å². The molecule has 5 nitrogen and oxygen atoms in total. The van der Waals surface area contributed by atoms with Crippen molar-refractivity contribution in [3.8, 4) is 0 Å². The second-order valence-corrected chi connectivity index (χ2v) is 5.40. The summed E-state index contributed by atoms with van der Waals surface area (Å²) in [7, 11) is 1.64. The molecule has 1 aliphatic rings. The largest absolute Gasteiger partial charge is 0.377 e. The molecule has 0 aromatic carbocycles. The highest BCUT2D eigenvalue weighted by Crippen LogP contribution is 2.23. The van der Waals surface area contributed by atoms with Crippen LogP contribution < -0.4 is 4.90 Å². The quantitative estimate of drug-likeness (QED) is 0.753. The normalized spacial score (nSPS) is 19.1. The Morgan fingerprint density at radius 3 is 2.80 bits per heavy atom. The number of nitrogens with zero attached hydrogens (tertiary/aromatic N) is 4. The first-order chi connectivity index (χ1) is 9.67. The van der Waals surface area contributed by atoms with Gasteiger partial charge in [0.2, 0.25) is 0 Å². The van der Waals surface area contributed by atoms with Gasteiger partial charge in [0.05, 0.1) is 0 Å². The number of likely N-dealkylation sites (N-methyl/N-ethyl adjacent to an activating group) is 1. The lowest BCUT2D eigenvalue weighted by Gasteiger charge is -2.26. The van der Waals surface area contributed by atoms with Crippen LogP contribution in [0.3, 0.4) is 0 Å². The van der Waals surface area contributed by atoms with E-state index in [1.807, 2.05) is 6.07 Å². The molecule has 2 rings (SSSR count). The molecule has 0 radical (unpaired) electrons. The van der Waals surface area contributed by atoms with E-state index < -0.39 is 0 Å². The first-order valence-electron chi connectivity index (χ1n) is 7.19. The Bertz CT molecular complexity index is 439.